The first-order chi connectivity index (χ1) is 8.56. The molecule has 0 aliphatic carbocycles. The average molecular weight is 327 g/mol. The Balaban J connectivity index is 2.32. The van der Waals surface area contributed by atoms with Crippen molar-refractivity contribution in [2.24, 2.45) is 0 Å². The second-order valence-corrected chi connectivity index (χ2v) is 5.44. The van der Waals surface area contributed by atoms with E-state index in [9.17, 15) is 0 Å². The van der Waals surface area contributed by atoms with Gasteiger partial charge in [0.2, 0.25) is 0 Å². The largest absolute Gasteiger partial charge is 0.339 e. The summed E-state index contributed by atoms with van der Waals surface area (Å²) in [4.78, 5) is 8.64. The van der Waals surface area contributed by atoms with Crippen LogP contribution in [0.15, 0.2) is 34.8 Å². The van der Waals surface area contributed by atoms with Gasteiger partial charge in [-0.05, 0) is 28.1 Å². The van der Waals surface area contributed by atoms with Gasteiger partial charge in [0.25, 0.3) is 0 Å². The van der Waals surface area contributed by atoms with Crippen molar-refractivity contribution < 1.29 is 0 Å². The fraction of sp³-hybridized carbons (Fsp3) is 0.231. The van der Waals surface area contributed by atoms with E-state index >= 15 is 0 Å². The molecule has 1 aromatic heterocycles. The summed E-state index contributed by atoms with van der Waals surface area (Å²) in [7, 11) is 0. The van der Waals surface area contributed by atoms with Crippen molar-refractivity contribution in [2.75, 3.05) is 5.32 Å². The van der Waals surface area contributed by atoms with Crippen molar-refractivity contribution in [3.63, 3.8) is 0 Å². The second-order valence-electron chi connectivity index (χ2n) is 4.19. The molecule has 1 N–H and O–H groups in total. The van der Waals surface area contributed by atoms with E-state index in [1.807, 2.05) is 38.1 Å². The predicted octanol–water partition coefficient (Wildman–Crippen LogP) is 4.76. The molecule has 2 rings (SSSR count). The summed E-state index contributed by atoms with van der Waals surface area (Å²) in [5.41, 5.74) is 0.946. The SMILES string of the molecule is CC(C)c1nc(Cl)cc(Nc2ccccc2Br)n1. The number of para-hydroxylation sites is 1. The monoisotopic (exact) mass is 325 g/mol. The Morgan fingerprint density at radius 2 is 1.94 bits per heavy atom. The summed E-state index contributed by atoms with van der Waals surface area (Å²) in [6.45, 7) is 4.07. The van der Waals surface area contributed by atoms with Crippen LogP contribution in [0, 0.1) is 0 Å². The molecule has 0 aliphatic heterocycles. The third-order valence-corrected chi connectivity index (χ3v) is 3.25. The Kier molecular flexibility index (Phi) is 4.19. The van der Waals surface area contributed by atoms with Crippen molar-refractivity contribution in [3.8, 4) is 0 Å². The Labute approximate surface area is 120 Å². The van der Waals surface area contributed by atoms with Crippen LogP contribution in [0.5, 0.6) is 0 Å². The highest BCUT2D eigenvalue weighted by Gasteiger charge is 2.08. The highest BCUT2D eigenvalue weighted by molar-refractivity contribution is 9.10. The van der Waals surface area contributed by atoms with Gasteiger partial charge >= 0.3 is 0 Å². The molecule has 1 aromatic carbocycles. The molecule has 0 bridgehead atoms. The average Bonchev–Trinajstić information content (AvgIpc) is 2.31. The highest BCUT2D eigenvalue weighted by Crippen LogP contribution is 2.26. The van der Waals surface area contributed by atoms with Gasteiger partial charge in [0.05, 0.1) is 5.69 Å². The van der Waals surface area contributed by atoms with Gasteiger partial charge < -0.3 is 5.32 Å². The lowest BCUT2D eigenvalue weighted by atomic mass is 10.2. The molecule has 0 atom stereocenters. The van der Waals surface area contributed by atoms with E-state index in [2.05, 4.69) is 31.2 Å². The van der Waals surface area contributed by atoms with Crippen LogP contribution in [0.4, 0.5) is 11.5 Å². The minimum Gasteiger partial charge on any atom is -0.339 e. The van der Waals surface area contributed by atoms with Crippen LogP contribution >= 0.6 is 27.5 Å². The number of nitrogens with one attached hydrogen (secondary N) is 1. The smallest absolute Gasteiger partial charge is 0.135 e. The highest BCUT2D eigenvalue weighted by atomic mass is 79.9. The van der Waals surface area contributed by atoms with Crippen LogP contribution in [0.1, 0.15) is 25.6 Å². The Bertz CT molecular complexity index is 558. The molecule has 94 valence electrons. The van der Waals surface area contributed by atoms with Crippen molar-refractivity contribution in [1.82, 2.24) is 9.97 Å². The maximum absolute atomic E-state index is 6.00. The number of aromatic nitrogens is 2. The Hall–Kier alpha value is -1.13. The van der Waals surface area contributed by atoms with E-state index < -0.39 is 0 Å². The lowest BCUT2D eigenvalue weighted by Crippen LogP contribution is -2.02. The first-order valence-corrected chi connectivity index (χ1v) is 6.79. The second kappa shape index (κ2) is 5.67. The van der Waals surface area contributed by atoms with Crippen LogP contribution < -0.4 is 5.32 Å². The molecular weight excluding hydrogens is 314 g/mol. The number of nitrogens with zero attached hydrogens (tertiary/aromatic N) is 2. The fourth-order valence-electron chi connectivity index (χ4n) is 1.46. The number of hydrogen-bond acceptors (Lipinski definition) is 3. The lowest BCUT2D eigenvalue weighted by molar-refractivity contribution is 0.776. The minimum absolute atomic E-state index is 0.239. The Morgan fingerprint density at radius 1 is 1.22 bits per heavy atom. The number of hydrogen-bond donors (Lipinski definition) is 1. The molecule has 2 aromatic rings. The lowest BCUT2D eigenvalue weighted by Gasteiger charge is -2.10. The molecule has 0 amide bonds. The van der Waals surface area contributed by atoms with Crippen molar-refractivity contribution in [2.45, 2.75) is 19.8 Å². The zero-order valence-electron chi connectivity index (χ0n) is 10.1. The van der Waals surface area contributed by atoms with Crippen LogP contribution in [0.25, 0.3) is 0 Å². The van der Waals surface area contributed by atoms with Gasteiger partial charge in [-0.3, -0.25) is 0 Å². The van der Waals surface area contributed by atoms with Crippen molar-refractivity contribution in [3.05, 3.63) is 45.8 Å². The molecule has 0 aliphatic rings. The van der Waals surface area contributed by atoms with Crippen LogP contribution in [0.2, 0.25) is 5.15 Å². The van der Waals surface area contributed by atoms with Crippen molar-refractivity contribution in [1.29, 1.82) is 0 Å². The molecule has 5 heteroatoms. The molecule has 0 saturated carbocycles. The van der Waals surface area contributed by atoms with Crippen molar-refractivity contribution >= 4 is 39.0 Å². The van der Waals surface area contributed by atoms with E-state index in [0.717, 1.165) is 16.0 Å². The van der Waals surface area contributed by atoms with Gasteiger partial charge in [0.1, 0.15) is 16.8 Å². The summed E-state index contributed by atoms with van der Waals surface area (Å²) in [6, 6.07) is 9.57. The quantitative estimate of drug-likeness (QED) is 0.826. The zero-order valence-corrected chi connectivity index (χ0v) is 12.5. The molecule has 0 spiro atoms. The standard InChI is InChI=1S/C13H13BrClN3/c1-8(2)13-17-11(15)7-12(18-13)16-10-6-4-3-5-9(10)14/h3-8H,1-2H3,(H,16,17,18). The normalized spacial score (nSPS) is 10.7. The number of benzene rings is 1. The third-order valence-electron chi connectivity index (χ3n) is 2.37. The molecular formula is C13H13BrClN3. The molecule has 18 heavy (non-hydrogen) atoms. The number of rotatable bonds is 3. The van der Waals surface area contributed by atoms with E-state index in [1.165, 1.54) is 0 Å². The van der Waals surface area contributed by atoms with E-state index in [1.54, 1.807) is 6.07 Å². The summed E-state index contributed by atoms with van der Waals surface area (Å²) >= 11 is 9.48. The molecule has 0 fully saturated rings. The summed E-state index contributed by atoms with van der Waals surface area (Å²) in [5, 5.41) is 3.67. The third kappa shape index (κ3) is 3.21. The molecule has 0 unspecified atom stereocenters. The van der Waals surface area contributed by atoms with Gasteiger partial charge in [0.15, 0.2) is 0 Å². The number of anilines is 2. The summed E-state index contributed by atoms with van der Waals surface area (Å²) in [5.74, 6) is 1.67. The van der Waals surface area contributed by atoms with Gasteiger partial charge in [0, 0.05) is 16.5 Å². The summed E-state index contributed by atoms with van der Waals surface area (Å²) in [6.07, 6.45) is 0. The number of halogens is 2. The predicted molar refractivity (Wildman–Crippen MR) is 78.6 cm³/mol. The zero-order chi connectivity index (χ0) is 13.1. The fourth-order valence-corrected chi connectivity index (χ4v) is 2.03. The van der Waals surface area contributed by atoms with Crippen LogP contribution in [0.3, 0.4) is 0 Å². The maximum Gasteiger partial charge on any atom is 0.135 e. The van der Waals surface area contributed by atoms with E-state index in [0.29, 0.717) is 11.0 Å². The van der Waals surface area contributed by atoms with Gasteiger partial charge in [-0.1, -0.05) is 37.6 Å². The summed E-state index contributed by atoms with van der Waals surface area (Å²) < 4.78 is 0.978. The van der Waals surface area contributed by atoms with E-state index in [-0.39, 0.29) is 5.92 Å². The van der Waals surface area contributed by atoms with Gasteiger partial charge in [-0.25, -0.2) is 9.97 Å². The first-order valence-electron chi connectivity index (χ1n) is 5.62. The Morgan fingerprint density at radius 3 is 2.61 bits per heavy atom. The maximum atomic E-state index is 6.00. The van der Waals surface area contributed by atoms with Gasteiger partial charge in [-0.2, -0.15) is 0 Å². The first kappa shape index (κ1) is 13.3. The topological polar surface area (TPSA) is 37.8 Å². The molecule has 1 heterocycles. The molecule has 0 radical (unpaired) electrons. The van der Waals surface area contributed by atoms with Crippen LogP contribution in [-0.4, -0.2) is 9.97 Å². The van der Waals surface area contributed by atoms with E-state index in [4.69, 9.17) is 11.6 Å². The van der Waals surface area contributed by atoms with Crippen LogP contribution in [-0.2, 0) is 0 Å². The molecule has 0 saturated heterocycles. The van der Waals surface area contributed by atoms with Gasteiger partial charge in [-0.15, -0.1) is 0 Å². The minimum atomic E-state index is 0.239. The molecule has 3 nitrogen and oxygen atoms in total.